The molecule has 10 nitrogen and oxygen atoms in total. The van der Waals surface area contributed by atoms with Gasteiger partial charge in [0.15, 0.2) is 5.82 Å². The van der Waals surface area contributed by atoms with Gasteiger partial charge < -0.3 is 4.74 Å². The SMILES string of the molecule is CNS(=O)(=O)c1ccc(Sc2n[nH]c([C@H]3CCCO3)n2)c([N+](=O)[O-])c1. The van der Waals surface area contributed by atoms with Gasteiger partial charge in [-0.3, -0.25) is 15.2 Å². The first-order valence-corrected chi connectivity index (χ1v) is 9.64. The number of hydrogen-bond donors (Lipinski definition) is 2. The Bertz CT molecular complexity index is 892. The predicted molar refractivity (Wildman–Crippen MR) is 87.8 cm³/mol. The minimum absolute atomic E-state index is 0.139. The fraction of sp³-hybridized carbons (Fsp3) is 0.385. The standard InChI is InChI=1S/C13H15N5O5S2/c1-14-25(21,22)8-4-5-11(9(7-8)18(19)20)24-13-15-12(16-17-13)10-3-2-6-23-10/h4-5,7,10,14H,2-3,6H2,1H3,(H,15,16,17)/t10-/m1/s1. The first kappa shape index (κ1) is 17.8. The van der Waals surface area contributed by atoms with Crippen LogP contribution in [0.25, 0.3) is 0 Å². The zero-order valence-corrected chi connectivity index (χ0v) is 14.8. The fourth-order valence-electron chi connectivity index (χ4n) is 2.35. The predicted octanol–water partition coefficient (Wildman–Crippen LogP) is 1.62. The van der Waals surface area contributed by atoms with E-state index in [4.69, 9.17) is 4.74 Å². The lowest BCUT2D eigenvalue weighted by Crippen LogP contribution is -2.18. The van der Waals surface area contributed by atoms with Gasteiger partial charge in [0, 0.05) is 12.7 Å². The third kappa shape index (κ3) is 3.81. The number of H-pyrrole nitrogens is 1. The summed E-state index contributed by atoms with van der Waals surface area (Å²) in [4.78, 5) is 15.0. The third-order valence-corrected chi connectivity index (χ3v) is 5.97. The molecule has 0 spiro atoms. The lowest BCUT2D eigenvalue weighted by molar-refractivity contribution is -0.388. The number of sulfonamides is 1. The van der Waals surface area contributed by atoms with Gasteiger partial charge in [-0.2, -0.15) is 0 Å². The van der Waals surface area contributed by atoms with Crippen LogP contribution >= 0.6 is 11.8 Å². The molecule has 2 heterocycles. The van der Waals surface area contributed by atoms with Crippen LogP contribution in [0.2, 0.25) is 0 Å². The molecule has 1 aromatic heterocycles. The monoisotopic (exact) mass is 385 g/mol. The number of hydrogen-bond acceptors (Lipinski definition) is 8. The molecule has 1 aliphatic heterocycles. The molecule has 1 aromatic carbocycles. The highest BCUT2D eigenvalue weighted by atomic mass is 32.2. The van der Waals surface area contributed by atoms with E-state index in [1.165, 1.54) is 19.2 Å². The molecule has 0 radical (unpaired) electrons. The van der Waals surface area contributed by atoms with E-state index in [1.54, 1.807) is 0 Å². The number of nitrogens with zero attached hydrogens (tertiary/aromatic N) is 3. The molecule has 3 rings (SSSR count). The summed E-state index contributed by atoms with van der Waals surface area (Å²) in [6.45, 7) is 0.667. The largest absolute Gasteiger partial charge is 0.370 e. The Labute approximate surface area is 147 Å². The minimum Gasteiger partial charge on any atom is -0.370 e. The lowest BCUT2D eigenvalue weighted by atomic mass is 10.2. The van der Waals surface area contributed by atoms with Crippen molar-refractivity contribution < 1.29 is 18.1 Å². The Morgan fingerprint density at radius 2 is 2.28 bits per heavy atom. The summed E-state index contributed by atoms with van der Waals surface area (Å²) >= 11 is 0.983. The summed E-state index contributed by atoms with van der Waals surface area (Å²) in [7, 11) is -2.53. The number of nitrogens with one attached hydrogen (secondary N) is 2. The highest BCUT2D eigenvalue weighted by Gasteiger charge is 2.24. The van der Waals surface area contributed by atoms with Gasteiger partial charge >= 0.3 is 0 Å². The Morgan fingerprint density at radius 1 is 1.48 bits per heavy atom. The molecule has 0 bridgehead atoms. The molecule has 1 aliphatic rings. The van der Waals surface area contributed by atoms with Crippen LogP contribution in [0.15, 0.2) is 33.1 Å². The molecule has 0 aliphatic carbocycles. The van der Waals surface area contributed by atoms with Crippen LogP contribution in [0.1, 0.15) is 24.8 Å². The highest BCUT2D eigenvalue weighted by Crippen LogP contribution is 2.35. The Hall–Kier alpha value is -2.02. The molecule has 0 amide bonds. The van der Waals surface area contributed by atoms with Crippen LogP contribution in [0.5, 0.6) is 0 Å². The Morgan fingerprint density at radius 3 is 2.92 bits per heavy atom. The summed E-state index contributed by atoms with van der Waals surface area (Å²) in [5, 5.41) is 18.4. The van der Waals surface area contributed by atoms with E-state index in [9.17, 15) is 18.5 Å². The molecule has 1 fully saturated rings. The van der Waals surface area contributed by atoms with E-state index in [1.807, 2.05) is 0 Å². The fourth-order valence-corrected chi connectivity index (χ4v) is 3.91. The number of benzene rings is 1. The van der Waals surface area contributed by atoms with Crippen molar-refractivity contribution in [1.29, 1.82) is 0 Å². The van der Waals surface area contributed by atoms with Crippen LogP contribution in [-0.2, 0) is 14.8 Å². The van der Waals surface area contributed by atoms with Crippen molar-refractivity contribution >= 4 is 27.5 Å². The van der Waals surface area contributed by atoms with Crippen molar-refractivity contribution in [3.63, 3.8) is 0 Å². The van der Waals surface area contributed by atoms with Crippen molar-refractivity contribution in [2.24, 2.45) is 0 Å². The Balaban J connectivity index is 1.88. The maximum absolute atomic E-state index is 11.8. The zero-order valence-electron chi connectivity index (χ0n) is 13.1. The summed E-state index contributed by atoms with van der Waals surface area (Å²) in [6.07, 6.45) is 1.65. The smallest absolute Gasteiger partial charge is 0.284 e. The molecule has 2 N–H and O–H groups in total. The quantitative estimate of drug-likeness (QED) is 0.565. The first-order chi connectivity index (χ1) is 11.9. The second-order valence-corrected chi connectivity index (χ2v) is 8.10. The van der Waals surface area contributed by atoms with E-state index in [2.05, 4.69) is 19.9 Å². The number of ether oxygens (including phenoxy) is 1. The van der Waals surface area contributed by atoms with Gasteiger partial charge in [-0.25, -0.2) is 18.1 Å². The van der Waals surface area contributed by atoms with Gasteiger partial charge in [-0.15, -0.1) is 5.10 Å². The van der Waals surface area contributed by atoms with Gasteiger partial charge in [0.1, 0.15) is 6.10 Å². The van der Waals surface area contributed by atoms with Crippen LogP contribution < -0.4 is 4.72 Å². The molecule has 1 saturated heterocycles. The normalized spacial score (nSPS) is 17.7. The molecule has 0 saturated carbocycles. The summed E-state index contributed by atoms with van der Waals surface area (Å²) in [5.74, 6) is 0.581. The number of rotatable bonds is 6. The van der Waals surface area contributed by atoms with Crippen LogP contribution in [-0.4, -0.2) is 42.2 Å². The number of aromatic amines is 1. The number of nitro benzene ring substituents is 1. The summed E-state index contributed by atoms with van der Waals surface area (Å²) < 4.78 is 31.3. The molecule has 25 heavy (non-hydrogen) atoms. The molecule has 0 unspecified atom stereocenters. The van der Waals surface area contributed by atoms with Crippen LogP contribution in [0.3, 0.4) is 0 Å². The van der Waals surface area contributed by atoms with Gasteiger partial charge in [-0.1, -0.05) is 0 Å². The molecular formula is C13H15N5O5S2. The van der Waals surface area contributed by atoms with Crippen molar-refractivity contribution in [3.05, 3.63) is 34.1 Å². The van der Waals surface area contributed by atoms with E-state index in [0.29, 0.717) is 17.6 Å². The number of nitro groups is 1. The van der Waals surface area contributed by atoms with E-state index >= 15 is 0 Å². The van der Waals surface area contributed by atoms with Gasteiger partial charge in [0.05, 0.1) is 14.7 Å². The topological polar surface area (TPSA) is 140 Å². The maximum atomic E-state index is 11.8. The molecule has 12 heteroatoms. The van der Waals surface area contributed by atoms with E-state index < -0.39 is 14.9 Å². The lowest BCUT2D eigenvalue weighted by Gasteiger charge is -2.05. The van der Waals surface area contributed by atoms with Crippen molar-refractivity contribution in [3.8, 4) is 0 Å². The summed E-state index contributed by atoms with van der Waals surface area (Å²) in [6, 6.07) is 3.69. The third-order valence-electron chi connectivity index (χ3n) is 3.62. The van der Waals surface area contributed by atoms with E-state index in [-0.39, 0.29) is 21.6 Å². The van der Waals surface area contributed by atoms with Crippen molar-refractivity contribution in [2.75, 3.05) is 13.7 Å². The Kier molecular flexibility index (Phi) is 5.03. The van der Waals surface area contributed by atoms with Crippen LogP contribution in [0.4, 0.5) is 5.69 Å². The average Bonchev–Trinajstić information content (AvgIpc) is 3.26. The highest BCUT2D eigenvalue weighted by molar-refractivity contribution is 7.99. The van der Waals surface area contributed by atoms with Gasteiger partial charge in [0.2, 0.25) is 15.2 Å². The van der Waals surface area contributed by atoms with Crippen molar-refractivity contribution in [2.45, 2.75) is 33.9 Å². The van der Waals surface area contributed by atoms with Gasteiger partial charge in [0.25, 0.3) is 5.69 Å². The second kappa shape index (κ2) is 7.07. The molecular weight excluding hydrogens is 370 g/mol. The minimum atomic E-state index is -3.77. The first-order valence-electron chi connectivity index (χ1n) is 7.34. The average molecular weight is 385 g/mol. The van der Waals surface area contributed by atoms with Crippen molar-refractivity contribution in [1.82, 2.24) is 19.9 Å². The maximum Gasteiger partial charge on any atom is 0.284 e. The van der Waals surface area contributed by atoms with Crippen LogP contribution in [0, 0.1) is 10.1 Å². The number of aromatic nitrogens is 3. The molecule has 1 atom stereocenters. The summed E-state index contributed by atoms with van der Waals surface area (Å²) in [5.41, 5.74) is -0.329. The molecule has 134 valence electrons. The zero-order chi connectivity index (χ0) is 18.0. The second-order valence-electron chi connectivity index (χ2n) is 5.20. The van der Waals surface area contributed by atoms with E-state index in [0.717, 1.165) is 30.7 Å². The van der Waals surface area contributed by atoms with Gasteiger partial charge in [-0.05, 0) is 43.8 Å². The molecule has 2 aromatic rings.